The van der Waals surface area contributed by atoms with E-state index in [1.807, 2.05) is 48.4 Å². The Balaban J connectivity index is 1.28. The summed E-state index contributed by atoms with van der Waals surface area (Å²) in [6, 6.07) is 15.7. The Hall–Kier alpha value is -4.18. The highest BCUT2D eigenvalue weighted by atomic mass is 16.2. The summed E-state index contributed by atoms with van der Waals surface area (Å²) < 4.78 is 0. The molecule has 1 atom stereocenters. The van der Waals surface area contributed by atoms with Gasteiger partial charge in [-0.05, 0) is 56.3 Å². The van der Waals surface area contributed by atoms with Crippen molar-refractivity contribution in [1.82, 2.24) is 19.8 Å². The van der Waals surface area contributed by atoms with Gasteiger partial charge in [-0.15, -0.1) is 0 Å². The molecule has 1 aromatic heterocycles. The van der Waals surface area contributed by atoms with E-state index in [1.165, 1.54) is 11.3 Å². The third-order valence-electron chi connectivity index (χ3n) is 8.38. The Morgan fingerprint density at radius 3 is 2.56 bits per heavy atom. The molecule has 1 N–H and O–H groups in total. The number of hydrogen-bond donors (Lipinski definition) is 1. The van der Waals surface area contributed by atoms with Crippen molar-refractivity contribution in [2.75, 3.05) is 66.3 Å². The maximum Gasteiger partial charge on any atom is 0.330 e. The zero-order valence-electron chi connectivity index (χ0n) is 24.1. The van der Waals surface area contributed by atoms with Crippen molar-refractivity contribution < 1.29 is 9.59 Å². The number of nitrogens with one attached hydrogen (secondary N) is 1. The molecule has 0 bridgehead atoms. The van der Waals surface area contributed by atoms with Gasteiger partial charge < -0.3 is 20.0 Å². The van der Waals surface area contributed by atoms with Crippen molar-refractivity contribution in [3.63, 3.8) is 0 Å². The van der Waals surface area contributed by atoms with Gasteiger partial charge in [-0.1, -0.05) is 25.1 Å². The molecule has 3 aliphatic heterocycles. The number of nitrogens with zero attached hydrogens (tertiary/aromatic N) is 7. The van der Waals surface area contributed by atoms with E-state index in [1.54, 1.807) is 9.80 Å². The van der Waals surface area contributed by atoms with Gasteiger partial charge in [0.15, 0.2) is 0 Å². The topological polar surface area (TPSA) is 88.1 Å². The van der Waals surface area contributed by atoms with Crippen LogP contribution in [-0.2, 0) is 11.3 Å². The third-order valence-corrected chi connectivity index (χ3v) is 8.38. The Morgan fingerprint density at radius 2 is 1.83 bits per heavy atom. The van der Waals surface area contributed by atoms with Gasteiger partial charge in [0.25, 0.3) is 0 Å². The Labute approximate surface area is 241 Å². The number of likely N-dealkylation sites (tertiary alicyclic amines) is 1. The van der Waals surface area contributed by atoms with E-state index < -0.39 is 0 Å². The smallest absolute Gasteiger partial charge is 0.330 e. The number of carbonyl (C=O) groups is 2. The van der Waals surface area contributed by atoms with E-state index in [4.69, 9.17) is 4.98 Å². The summed E-state index contributed by atoms with van der Waals surface area (Å²) in [5.41, 5.74) is 5.05. The predicted molar refractivity (Wildman–Crippen MR) is 162 cm³/mol. The number of para-hydroxylation sites is 1. The van der Waals surface area contributed by atoms with Crippen LogP contribution in [0.25, 0.3) is 0 Å². The van der Waals surface area contributed by atoms with Gasteiger partial charge >= 0.3 is 6.03 Å². The summed E-state index contributed by atoms with van der Waals surface area (Å²) in [6.07, 6.45) is 2.98. The van der Waals surface area contributed by atoms with Crippen molar-refractivity contribution in [2.45, 2.75) is 39.3 Å². The number of hydrogen-bond acceptors (Lipinski definition) is 7. The predicted octanol–water partition coefficient (Wildman–Crippen LogP) is 4.24. The van der Waals surface area contributed by atoms with Gasteiger partial charge in [0, 0.05) is 74.5 Å². The maximum absolute atomic E-state index is 14.0. The molecular formula is C31H38N8O2. The van der Waals surface area contributed by atoms with Crippen molar-refractivity contribution in [2.24, 2.45) is 0 Å². The molecule has 0 spiro atoms. The van der Waals surface area contributed by atoms with Crippen molar-refractivity contribution >= 4 is 40.8 Å². The Morgan fingerprint density at radius 1 is 1.05 bits per heavy atom. The van der Waals surface area contributed by atoms with Crippen molar-refractivity contribution in [1.29, 1.82) is 0 Å². The van der Waals surface area contributed by atoms with E-state index in [9.17, 15) is 9.59 Å². The highest BCUT2D eigenvalue weighted by molar-refractivity contribution is 6.06. The molecule has 0 unspecified atom stereocenters. The monoisotopic (exact) mass is 554 g/mol. The Kier molecular flexibility index (Phi) is 7.49. The normalized spacial score (nSPS) is 19.5. The summed E-state index contributed by atoms with van der Waals surface area (Å²) >= 11 is 0. The number of benzene rings is 2. The summed E-state index contributed by atoms with van der Waals surface area (Å²) in [5.74, 6) is 1.17. The first kappa shape index (κ1) is 27.0. The van der Waals surface area contributed by atoms with Crippen LogP contribution in [0.1, 0.15) is 30.9 Å². The maximum atomic E-state index is 14.0. The van der Waals surface area contributed by atoms with Crippen LogP contribution in [-0.4, -0.2) is 84.1 Å². The molecule has 6 rings (SSSR count). The second kappa shape index (κ2) is 11.4. The lowest BCUT2D eigenvalue weighted by atomic mass is 10.1. The lowest BCUT2D eigenvalue weighted by Gasteiger charge is -2.39. The number of aryl methyl sites for hydroxylation is 1. The van der Waals surface area contributed by atoms with E-state index in [-0.39, 0.29) is 18.0 Å². The van der Waals surface area contributed by atoms with Gasteiger partial charge in [0.05, 0.1) is 12.6 Å². The van der Waals surface area contributed by atoms with Gasteiger partial charge in [-0.25, -0.2) is 9.78 Å². The number of carbonyl (C=O) groups excluding carboxylic acids is 2. The van der Waals surface area contributed by atoms with Gasteiger partial charge in [-0.3, -0.25) is 14.6 Å². The molecule has 214 valence electrons. The summed E-state index contributed by atoms with van der Waals surface area (Å²) in [5, 5.41) is 3.37. The molecule has 10 nitrogen and oxygen atoms in total. The number of aromatic nitrogens is 2. The molecule has 3 amide bonds. The first-order valence-electron chi connectivity index (χ1n) is 14.5. The molecule has 2 saturated heterocycles. The van der Waals surface area contributed by atoms with Crippen LogP contribution >= 0.6 is 0 Å². The fourth-order valence-corrected chi connectivity index (χ4v) is 6.04. The molecule has 3 aromatic rings. The standard InChI is InChI=1S/C31H38N8O2/c1-4-28(40)37-13-12-26(21-37)39-29-23(20-38(31(39)41)25-8-6-5-7-9-25)19-32-30(34-29)33-24-10-11-27(22(2)18-24)36-16-14-35(3)15-17-36/h5-11,18-19,26H,4,12-17,20-21H2,1-3H3,(H,32,33,34)/t26-/m0/s1. The van der Waals surface area contributed by atoms with Crippen LogP contribution < -0.4 is 20.0 Å². The van der Waals surface area contributed by atoms with Crippen LogP contribution in [0.15, 0.2) is 54.7 Å². The van der Waals surface area contributed by atoms with Crippen LogP contribution in [0.2, 0.25) is 0 Å². The molecule has 0 saturated carbocycles. The molecule has 3 aliphatic rings. The minimum atomic E-state index is -0.156. The molecule has 4 heterocycles. The SMILES string of the molecule is CCC(=O)N1CC[C@H](N2C(=O)N(c3ccccc3)Cc3cnc(Nc4ccc(N5CCN(C)CC5)c(C)c4)nc32)C1. The quantitative estimate of drug-likeness (QED) is 0.488. The zero-order chi connectivity index (χ0) is 28.5. The number of rotatable bonds is 6. The number of likely N-dealkylation sites (N-methyl/N-ethyl adjacent to an activating group) is 1. The Bertz CT molecular complexity index is 1420. The zero-order valence-corrected chi connectivity index (χ0v) is 24.1. The molecule has 2 aromatic carbocycles. The van der Waals surface area contributed by atoms with E-state index in [0.717, 1.165) is 43.1 Å². The van der Waals surface area contributed by atoms with Gasteiger partial charge in [0.2, 0.25) is 11.9 Å². The number of anilines is 5. The highest BCUT2D eigenvalue weighted by Crippen LogP contribution is 2.35. The number of piperazine rings is 1. The average Bonchev–Trinajstić information content (AvgIpc) is 3.47. The fraction of sp³-hybridized carbons (Fsp3) is 0.419. The van der Waals surface area contributed by atoms with E-state index >= 15 is 0 Å². The van der Waals surface area contributed by atoms with Crippen LogP contribution in [0.5, 0.6) is 0 Å². The minimum Gasteiger partial charge on any atom is -0.369 e. The van der Waals surface area contributed by atoms with E-state index in [2.05, 4.69) is 52.3 Å². The number of fused-ring (bicyclic) bond motifs is 1. The molecule has 10 heteroatoms. The lowest BCUT2D eigenvalue weighted by molar-refractivity contribution is -0.129. The number of amides is 3. The molecule has 0 aliphatic carbocycles. The summed E-state index contributed by atoms with van der Waals surface area (Å²) in [7, 11) is 2.16. The minimum absolute atomic E-state index is 0.109. The van der Waals surface area contributed by atoms with Gasteiger partial charge in [0.1, 0.15) is 5.82 Å². The molecule has 41 heavy (non-hydrogen) atoms. The highest BCUT2D eigenvalue weighted by Gasteiger charge is 2.40. The first-order valence-corrected chi connectivity index (χ1v) is 14.5. The molecule has 0 radical (unpaired) electrons. The van der Waals surface area contributed by atoms with Crippen LogP contribution in [0, 0.1) is 6.92 Å². The van der Waals surface area contributed by atoms with Crippen LogP contribution in [0.4, 0.5) is 33.6 Å². The average molecular weight is 555 g/mol. The largest absolute Gasteiger partial charge is 0.369 e. The molecule has 2 fully saturated rings. The second-order valence-electron chi connectivity index (χ2n) is 11.2. The third kappa shape index (κ3) is 5.44. The number of urea groups is 1. The first-order chi connectivity index (χ1) is 19.9. The molecular weight excluding hydrogens is 516 g/mol. The van der Waals surface area contributed by atoms with Crippen LogP contribution in [0.3, 0.4) is 0 Å². The van der Waals surface area contributed by atoms with E-state index in [0.29, 0.717) is 44.2 Å². The van der Waals surface area contributed by atoms with Crippen molar-refractivity contribution in [3.8, 4) is 0 Å². The lowest BCUT2D eigenvalue weighted by Crippen LogP contribution is -2.53. The second-order valence-corrected chi connectivity index (χ2v) is 11.2. The summed E-state index contributed by atoms with van der Waals surface area (Å²) in [6.45, 7) is 9.69. The van der Waals surface area contributed by atoms with Gasteiger partial charge in [-0.2, -0.15) is 4.98 Å². The summed E-state index contributed by atoms with van der Waals surface area (Å²) in [4.78, 5) is 46.2. The fourth-order valence-electron chi connectivity index (χ4n) is 6.04. The van der Waals surface area contributed by atoms with Crippen molar-refractivity contribution in [3.05, 3.63) is 65.9 Å².